The minimum atomic E-state index is -4.86. The van der Waals surface area contributed by atoms with Gasteiger partial charge in [0.15, 0.2) is 17.2 Å². The van der Waals surface area contributed by atoms with Gasteiger partial charge >= 0.3 is 6.18 Å². The molecule has 1 saturated heterocycles. The SMILES string of the molecule is COc1c([C@H]2[C@H](C(=O)NC[C@H](O)c3cnn(C)c3)O[C@@](C)(C(F)(F)F)[C@H]2C)ccc(F)c1F. The number of ether oxygens (including phenoxy) is 2. The largest absolute Gasteiger partial charge is 0.493 e. The Kier molecular flexibility index (Phi) is 6.72. The van der Waals surface area contributed by atoms with E-state index in [1.807, 2.05) is 0 Å². The van der Waals surface area contributed by atoms with Crippen LogP contribution in [-0.4, -0.2) is 52.3 Å². The molecule has 1 aromatic carbocycles. The smallest absolute Gasteiger partial charge is 0.417 e. The van der Waals surface area contributed by atoms with E-state index in [-0.39, 0.29) is 12.1 Å². The molecule has 3 rings (SSSR count). The van der Waals surface area contributed by atoms with E-state index in [4.69, 9.17) is 9.47 Å². The average Bonchev–Trinajstić information content (AvgIpc) is 3.30. The Bertz CT molecular complexity index is 1030. The van der Waals surface area contributed by atoms with Crippen molar-refractivity contribution in [2.75, 3.05) is 13.7 Å². The van der Waals surface area contributed by atoms with Crippen LogP contribution in [0.2, 0.25) is 0 Å². The highest BCUT2D eigenvalue weighted by atomic mass is 19.4. The minimum Gasteiger partial charge on any atom is -0.493 e. The van der Waals surface area contributed by atoms with Crippen LogP contribution in [0.5, 0.6) is 5.75 Å². The molecule has 1 aromatic heterocycles. The number of aromatic nitrogens is 2. The molecular weight excluding hydrogens is 453 g/mol. The van der Waals surface area contributed by atoms with Crippen molar-refractivity contribution in [1.29, 1.82) is 0 Å². The maximum absolute atomic E-state index is 14.3. The van der Waals surface area contributed by atoms with Crippen LogP contribution in [0, 0.1) is 17.6 Å². The lowest BCUT2D eigenvalue weighted by molar-refractivity contribution is -0.272. The van der Waals surface area contributed by atoms with Gasteiger partial charge in [-0.05, 0) is 13.0 Å². The summed E-state index contributed by atoms with van der Waals surface area (Å²) in [6, 6.07) is 1.83. The highest BCUT2D eigenvalue weighted by Crippen LogP contribution is 2.54. The normalized spacial score (nSPS) is 26.3. The van der Waals surface area contributed by atoms with Crippen LogP contribution in [0.15, 0.2) is 24.5 Å². The number of rotatable bonds is 6. The number of benzene rings is 1. The van der Waals surface area contributed by atoms with E-state index in [0.29, 0.717) is 5.56 Å². The Morgan fingerprint density at radius 2 is 2.06 bits per heavy atom. The fraction of sp³-hybridized carbons (Fsp3) is 0.524. The minimum absolute atomic E-state index is 0.134. The number of nitrogens with one attached hydrogen (secondary N) is 1. The van der Waals surface area contributed by atoms with Crippen LogP contribution in [0.25, 0.3) is 0 Å². The van der Waals surface area contributed by atoms with Gasteiger partial charge in [-0.3, -0.25) is 9.48 Å². The Balaban J connectivity index is 1.95. The number of carbonyl (C=O) groups is 1. The van der Waals surface area contributed by atoms with Crippen LogP contribution in [0.1, 0.15) is 37.0 Å². The summed E-state index contributed by atoms with van der Waals surface area (Å²) in [6.45, 7) is 1.69. The zero-order valence-electron chi connectivity index (χ0n) is 18.3. The summed E-state index contributed by atoms with van der Waals surface area (Å²) in [5.74, 6) is -6.87. The van der Waals surface area contributed by atoms with Gasteiger partial charge in [-0.1, -0.05) is 13.0 Å². The average molecular weight is 477 g/mol. The predicted molar refractivity (Wildman–Crippen MR) is 105 cm³/mol. The van der Waals surface area contributed by atoms with Gasteiger partial charge in [0, 0.05) is 42.8 Å². The first kappa shape index (κ1) is 24.9. The second-order valence-corrected chi connectivity index (χ2v) is 8.15. The second kappa shape index (κ2) is 8.90. The molecule has 0 bridgehead atoms. The maximum atomic E-state index is 14.3. The van der Waals surface area contributed by atoms with Gasteiger partial charge < -0.3 is 19.9 Å². The zero-order valence-corrected chi connectivity index (χ0v) is 18.3. The third kappa shape index (κ3) is 4.41. The van der Waals surface area contributed by atoms with Crippen molar-refractivity contribution in [3.8, 4) is 5.75 Å². The van der Waals surface area contributed by atoms with Gasteiger partial charge in [-0.2, -0.15) is 22.7 Å². The highest BCUT2D eigenvalue weighted by molar-refractivity contribution is 5.83. The van der Waals surface area contributed by atoms with Crippen molar-refractivity contribution in [2.24, 2.45) is 13.0 Å². The van der Waals surface area contributed by atoms with Gasteiger partial charge in [0.05, 0.1) is 19.4 Å². The molecule has 0 spiro atoms. The Labute approximate surface area is 186 Å². The number of halogens is 5. The van der Waals surface area contributed by atoms with Crippen LogP contribution >= 0.6 is 0 Å². The van der Waals surface area contributed by atoms with E-state index in [9.17, 15) is 31.9 Å². The predicted octanol–water partition coefficient (Wildman–Crippen LogP) is 3.00. The fourth-order valence-corrected chi connectivity index (χ4v) is 4.07. The summed E-state index contributed by atoms with van der Waals surface area (Å²) in [5, 5.41) is 16.5. The van der Waals surface area contributed by atoms with Gasteiger partial charge in [0.1, 0.15) is 6.10 Å². The number of amides is 1. The molecule has 2 aromatic rings. The molecule has 0 saturated carbocycles. The van der Waals surface area contributed by atoms with E-state index >= 15 is 0 Å². The summed E-state index contributed by atoms with van der Waals surface area (Å²) in [5.41, 5.74) is -2.50. The van der Waals surface area contributed by atoms with E-state index in [1.54, 1.807) is 7.05 Å². The summed E-state index contributed by atoms with van der Waals surface area (Å²) in [7, 11) is 2.67. The molecule has 2 heterocycles. The third-order valence-electron chi connectivity index (χ3n) is 6.15. The lowest BCUT2D eigenvalue weighted by Crippen LogP contribution is -2.47. The molecule has 1 aliphatic rings. The number of methoxy groups -OCH3 is 1. The third-order valence-corrected chi connectivity index (χ3v) is 6.15. The van der Waals surface area contributed by atoms with E-state index in [0.717, 1.165) is 26.2 Å². The first-order valence-electron chi connectivity index (χ1n) is 10.0. The second-order valence-electron chi connectivity index (χ2n) is 8.15. The molecule has 1 fully saturated rings. The number of hydrogen-bond acceptors (Lipinski definition) is 5. The van der Waals surface area contributed by atoms with Crippen LogP contribution in [-0.2, 0) is 16.6 Å². The molecule has 33 heavy (non-hydrogen) atoms. The summed E-state index contributed by atoms with van der Waals surface area (Å²) in [4.78, 5) is 12.9. The fourth-order valence-electron chi connectivity index (χ4n) is 4.07. The first-order valence-corrected chi connectivity index (χ1v) is 10.0. The monoisotopic (exact) mass is 477 g/mol. The molecule has 2 N–H and O–H groups in total. The zero-order chi connectivity index (χ0) is 24.7. The lowest BCUT2D eigenvalue weighted by atomic mass is 9.77. The molecule has 0 aliphatic carbocycles. The highest BCUT2D eigenvalue weighted by Gasteiger charge is 2.65. The summed E-state index contributed by atoms with van der Waals surface area (Å²) in [6.07, 6.45) is -4.86. The van der Waals surface area contributed by atoms with Crippen molar-refractivity contribution in [3.05, 3.63) is 47.3 Å². The van der Waals surface area contributed by atoms with Gasteiger partial charge in [-0.25, -0.2) is 4.39 Å². The Morgan fingerprint density at radius 3 is 2.61 bits per heavy atom. The molecule has 0 unspecified atom stereocenters. The molecular formula is C21H24F5N3O4. The molecule has 1 aliphatic heterocycles. The number of nitrogens with zero attached hydrogens (tertiary/aromatic N) is 2. The lowest BCUT2D eigenvalue weighted by Gasteiger charge is -2.32. The molecule has 182 valence electrons. The number of hydrogen-bond donors (Lipinski definition) is 2. The van der Waals surface area contributed by atoms with Gasteiger partial charge in [0.25, 0.3) is 0 Å². The van der Waals surface area contributed by atoms with E-state index in [2.05, 4.69) is 10.4 Å². The topological polar surface area (TPSA) is 85.6 Å². The number of aliphatic hydroxyl groups is 1. The summed E-state index contributed by atoms with van der Waals surface area (Å²) >= 11 is 0. The first-order chi connectivity index (χ1) is 15.3. The van der Waals surface area contributed by atoms with Crippen molar-refractivity contribution < 1.29 is 41.3 Å². The Morgan fingerprint density at radius 1 is 1.39 bits per heavy atom. The van der Waals surface area contributed by atoms with Gasteiger partial charge in [-0.15, -0.1) is 0 Å². The van der Waals surface area contributed by atoms with Crippen LogP contribution in [0.4, 0.5) is 22.0 Å². The van der Waals surface area contributed by atoms with Crippen LogP contribution in [0.3, 0.4) is 0 Å². The van der Waals surface area contributed by atoms with Crippen LogP contribution < -0.4 is 10.1 Å². The number of alkyl halides is 3. The quantitative estimate of drug-likeness (QED) is 0.625. The maximum Gasteiger partial charge on any atom is 0.417 e. The van der Waals surface area contributed by atoms with Crippen molar-refractivity contribution in [2.45, 2.75) is 43.8 Å². The van der Waals surface area contributed by atoms with Crippen molar-refractivity contribution >= 4 is 5.91 Å². The molecule has 7 nitrogen and oxygen atoms in total. The standard InChI is InChI=1S/C21H24F5N3O4/c1-10-15(12-5-6-13(22)16(23)17(12)32-4)18(33-20(10,2)21(24,25)26)19(31)27-8-14(30)11-7-28-29(3)9-11/h5-7,9-10,14-15,18,30H,8H2,1-4H3,(H,27,31)/t10-,14-,15-,18+,20+/m0/s1. The number of carbonyl (C=O) groups excluding carboxylic acids is 1. The van der Waals surface area contributed by atoms with Crippen molar-refractivity contribution in [1.82, 2.24) is 15.1 Å². The van der Waals surface area contributed by atoms with Crippen molar-refractivity contribution in [3.63, 3.8) is 0 Å². The number of aliphatic hydroxyl groups excluding tert-OH is 1. The van der Waals surface area contributed by atoms with E-state index < -0.39 is 59.1 Å². The molecule has 1 amide bonds. The summed E-state index contributed by atoms with van der Waals surface area (Å²) < 4.78 is 81.4. The number of aryl methyl sites for hydroxylation is 1. The Hall–Kier alpha value is -2.73. The molecule has 12 heteroatoms. The van der Waals surface area contributed by atoms with Gasteiger partial charge in [0.2, 0.25) is 11.7 Å². The molecule has 0 radical (unpaired) electrons. The van der Waals surface area contributed by atoms with E-state index in [1.165, 1.54) is 24.0 Å². The molecule has 5 atom stereocenters.